The Hall–Kier alpha value is -1.84. The molecule has 0 saturated heterocycles. The summed E-state index contributed by atoms with van der Waals surface area (Å²) in [6.07, 6.45) is 3.45. The number of hydrogen-bond acceptors (Lipinski definition) is 2. The number of carboxylic acid groups (broad SMARTS) is 1. The highest BCUT2D eigenvalue weighted by Gasteiger charge is 2.10. The molecule has 0 fully saturated rings. The van der Waals surface area contributed by atoms with Crippen LogP contribution in [0.1, 0.15) is 42.4 Å². The highest BCUT2D eigenvalue weighted by Crippen LogP contribution is 2.19. The molecule has 2 rings (SSSR count). The van der Waals surface area contributed by atoms with Crippen LogP contribution in [0.15, 0.2) is 18.2 Å². The molecule has 0 aliphatic rings. The fraction of sp³-hybridized carbons (Fsp3) is 0.429. The van der Waals surface area contributed by atoms with Gasteiger partial charge in [0.2, 0.25) is 0 Å². The van der Waals surface area contributed by atoms with Crippen LogP contribution in [-0.2, 0) is 6.54 Å². The second kappa shape index (κ2) is 5.21. The van der Waals surface area contributed by atoms with E-state index >= 15 is 0 Å². The van der Waals surface area contributed by atoms with Crippen molar-refractivity contribution in [2.45, 2.75) is 39.7 Å². The van der Waals surface area contributed by atoms with Gasteiger partial charge in [-0.1, -0.05) is 19.8 Å². The van der Waals surface area contributed by atoms with Crippen molar-refractivity contribution in [2.24, 2.45) is 0 Å². The van der Waals surface area contributed by atoms with Gasteiger partial charge in [0.05, 0.1) is 16.6 Å². The molecule has 96 valence electrons. The van der Waals surface area contributed by atoms with Gasteiger partial charge in [-0.15, -0.1) is 0 Å². The number of unbranched alkanes of at least 4 members (excludes halogenated alkanes) is 2. The normalized spacial score (nSPS) is 11.0. The minimum absolute atomic E-state index is 0.319. The van der Waals surface area contributed by atoms with Crippen LogP contribution in [0.5, 0.6) is 0 Å². The minimum atomic E-state index is -0.893. The zero-order chi connectivity index (χ0) is 13.1. The van der Waals surface area contributed by atoms with Gasteiger partial charge < -0.3 is 9.67 Å². The van der Waals surface area contributed by atoms with E-state index in [1.807, 2.05) is 6.92 Å². The fourth-order valence-electron chi connectivity index (χ4n) is 2.18. The second-order valence-electron chi connectivity index (χ2n) is 4.53. The van der Waals surface area contributed by atoms with Crippen molar-refractivity contribution in [1.82, 2.24) is 9.55 Å². The molecule has 0 aliphatic heterocycles. The Balaban J connectivity index is 2.40. The average Bonchev–Trinajstić information content (AvgIpc) is 2.65. The predicted octanol–water partition coefficient (Wildman–Crippen LogP) is 3.23. The standard InChI is InChI=1S/C14H18N2O2/c1-3-4-5-8-16-10(2)15-12-7-6-11(14(17)18)9-13(12)16/h6-7,9H,3-5,8H2,1-2H3,(H,17,18). The van der Waals surface area contributed by atoms with E-state index < -0.39 is 5.97 Å². The molecule has 1 heterocycles. The van der Waals surface area contributed by atoms with Crippen LogP contribution in [0.3, 0.4) is 0 Å². The summed E-state index contributed by atoms with van der Waals surface area (Å²) in [6, 6.07) is 5.10. The molecule has 1 aromatic heterocycles. The van der Waals surface area contributed by atoms with Gasteiger partial charge in [-0.2, -0.15) is 0 Å². The van der Waals surface area contributed by atoms with E-state index in [1.165, 1.54) is 12.8 Å². The number of carboxylic acids is 1. The zero-order valence-electron chi connectivity index (χ0n) is 10.8. The van der Waals surface area contributed by atoms with Crippen LogP contribution >= 0.6 is 0 Å². The molecule has 0 spiro atoms. The van der Waals surface area contributed by atoms with Gasteiger partial charge in [-0.25, -0.2) is 9.78 Å². The number of fused-ring (bicyclic) bond motifs is 1. The summed E-state index contributed by atoms with van der Waals surface area (Å²) in [4.78, 5) is 15.5. The Morgan fingerprint density at radius 2 is 2.17 bits per heavy atom. The van der Waals surface area contributed by atoms with Gasteiger partial charge in [-0.05, 0) is 31.5 Å². The summed E-state index contributed by atoms with van der Waals surface area (Å²) in [7, 11) is 0. The first kappa shape index (κ1) is 12.6. The Kier molecular flexibility index (Phi) is 3.65. The summed E-state index contributed by atoms with van der Waals surface area (Å²) in [5.74, 6) is 0.0551. The van der Waals surface area contributed by atoms with Crippen LogP contribution < -0.4 is 0 Å². The van der Waals surface area contributed by atoms with Crippen LogP contribution in [0.25, 0.3) is 11.0 Å². The maximum absolute atomic E-state index is 11.0. The second-order valence-corrected chi connectivity index (χ2v) is 4.53. The van der Waals surface area contributed by atoms with Crippen LogP contribution in [0.2, 0.25) is 0 Å². The van der Waals surface area contributed by atoms with E-state index in [4.69, 9.17) is 5.11 Å². The first-order valence-electron chi connectivity index (χ1n) is 6.33. The number of imidazole rings is 1. The van der Waals surface area contributed by atoms with E-state index in [-0.39, 0.29) is 0 Å². The lowest BCUT2D eigenvalue weighted by atomic mass is 10.2. The maximum Gasteiger partial charge on any atom is 0.335 e. The number of hydrogen-bond donors (Lipinski definition) is 1. The average molecular weight is 246 g/mol. The lowest BCUT2D eigenvalue weighted by Gasteiger charge is -2.06. The number of aromatic nitrogens is 2. The highest BCUT2D eigenvalue weighted by atomic mass is 16.4. The van der Waals surface area contributed by atoms with Gasteiger partial charge in [-0.3, -0.25) is 0 Å². The monoisotopic (exact) mass is 246 g/mol. The Bertz CT molecular complexity index is 572. The molecular formula is C14H18N2O2. The third-order valence-electron chi connectivity index (χ3n) is 3.17. The molecule has 4 heteroatoms. The summed E-state index contributed by atoms with van der Waals surface area (Å²) >= 11 is 0. The first-order valence-corrected chi connectivity index (χ1v) is 6.33. The van der Waals surface area contributed by atoms with E-state index in [9.17, 15) is 4.79 Å². The third kappa shape index (κ3) is 2.37. The maximum atomic E-state index is 11.0. The number of nitrogens with zero attached hydrogens (tertiary/aromatic N) is 2. The van der Waals surface area contributed by atoms with Crippen LogP contribution in [0.4, 0.5) is 0 Å². The number of aromatic carboxylic acids is 1. The van der Waals surface area contributed by atoms with Gasteiger partial charge in [0.25, 0.3) is 0 Å². The molecule has 1 N–H and O–H groups in total. The molecule has 0 atom stereocenters. The molecule has 0 radical (unpaired) electrons. The lowest BCUT2D eigenvalue weighted by molar-refractivity contribution is 0.0697. The van der Waals surface area contributed by atoms with E-state index in [0.29, 0.717) is 5.56 Å². The smallest absolute Gasteiger partial charge is 0.335 e. The van der Waals surface area contributed by atoms with Crippen molar-refractivity contribution in [3.8, 4) is 0 Å². The zero-order valence-corrected chi connectivity index (χ0v) is 10.8. The molecule has 1 aromatic carbocycles. The van der Waals surface area contributed by atoms with Crippen molar-refractivity contribution in [3.63, 3.8) is 0 Å². The van der Waals surface area contributed by atoms with Crippen molar-refractivity contribution in [3.05, 3.63) is 29.6 Å². The first-order chi connectivity index (χ1) is 8.63. The third-order valence-corrected chi connectivity index (χ3v) is 3.17. The Morgan fingerprint density at radius 1 is 1.39 bits per heavy atom. The van der Waals surface area contributed by atoms with Gasteiger partial charge in [0, 0.05) is 6.54 Å². The van der Waals surface area contributed by atoms with Crippen molar-refractivity contribution in [1.29, 1.82) is 0 Å². The molecule has 0 aliphatic carbocycles. The summed E-state index contributed by atoms with van der Waals surface area (Å²) in [5.41, 5.74) is 2.11. The fourth-order valence-corrected chi connectivity index (χ4v) is 2.18. The molecule has 0 unspecified atom stereocenters. The van der Waals surface area contributed by atoms with Crippen molar-refractivity contribution < 1.29 is 9.90 Å². The lowest BCUT2D eigenvalue weighted by Crippen LogP contribution is -2.01. The topological polar surface area (TPSA) is 55.1 Å². The molecule has 0 amide bonds. The van der Waals surface area contributed by atoms with Crippen molar-refractivity contribution >= 4 is 17.0 Å². The quantitative estimate of drug-likeness (QED) is 0.824. The number of aryl methyl sites for hydroxylation is 2. The predicted molar refractivity (Wildman–Crippen MR) is 71.0 cm³/mol. The number of benzene rings is 1. The van der Waals surface area contributed by atoms with E-state index in [2.05, 4.69) is 16.5 Å². The van der Waals surface area contributed by atoms with Crippen LogP contribution in [-0.4, -0.2) is 20.6 Å². The minimum Gasteiger partial charge on any atom is -0.478 e. The largest absolute Gasteiger partial charge is 0.478 e. The highest BCUT2D eigenvalue weighted by molar-refractivity contribution is 5.92. The molecule has 4 nitrogen and oxygen atoms in total. The molecule has 0 saturated carbocycles. The summed E-state index contributed by atoms with van der Waals surface area (Å²) < 4.78 is 2.11. The molecule has 2 aromatic rings. The number of rotatable bonds is 5. The SMILES string of the molecule is CCCCCn1c(C)nc2ccc(C(=O)O)cc21. The van der Waals surface area contributed by atoms with Gasteiger partial charge >= 0.3 is 5.97 Å². The van der Waals surface area contributed by atoms with Gasteiger partial charge in [0.15, 0.2) is 0 Å². The summed E-state index contributed by atoms with van der Waals surface area (Å²) in [5, 5.41) is 9.03. The van der Waals surface area contributed by atoms with Gasteiger partial charge in [0.1, 0.15) is 5.82 Å². The van der Waals surface area contributed by atoms with Crippen LogP contribution in [0, 0.1) is 6.92 Å². The molecule has 0 bridgehead atoms. The molecular weight excluding hydrogens is 228 g/mol. The number of carbonyl (C=O) groups is 1. The molecule has 18 heavy (non-hydrogen) atoms. The summed E-state index contributed by atoms with van der Waals surface area (Å²) in [6.45, 7) is 5.03. The Labute approximate surface area is 106 Å². The van der Waals surface area contributed by atoms with E-state index in [1.54, 1.807) is 18.2 Å². The van der Waals surface area contributed by atoms with Crippen molar-refractivity contribution in [2.75, 3.05) is 0 Å². The Morgan fingerprint density at radius 3 is 2.83 bits per heavy atom. The van der Waals surface area contributed by atoms with E-state index in [0.717, 1.165) is 29.8 Å².